The van der Waals surface area contributed by atoms with Gasteiger partial charge in [0.2, 0.25) is 5.91 Å². The summed E-state index contributed by atoms with van der Waals surface area (Å²) >= 11 is 0. The summed E-state index contributed by atoms with van der Waals surface area (Å²) in [5.41, 5.74) is -0.0204. The predicted molar refractivity (Wildman–Crippen MR) is 78.4 cm³/mol. The van der Waals surface area contributed by atoms with Crippen molar-refractivity contribution in [1.82, 2.24) is 5.32 Å². The van der Waals surface area contributed by atoms with Gasteiger partial charge in [-0.15, -0.1) is 0 Å². The van der Waals surface area contributed by atoms with Crippen LogP contribution in [0.3, 0.4) is 0 Å². The van der Waals surface area contributed by atoms with Gasteiger partial charge in [0.15, 0.2) is 0 Å². The Hall–Kier alpha value is -1.91. The second-order valence-electron chi connectivity index (χ2n) is 5.20. The average molecular weight is 295 g/mol. The van der Waals surface area contributed by atoms with Crippen LogP contribution in [0.25, 0.3) is 0 Å². The van der Waals surface area contributed by atoms with Gasteiger partial charge >= 0.3 is 5.97 Å². The van der Waals surface area contributed by atoms with Gasteiger partial charge in [0.1, 0.15) is 5.82 Å². The van der Waals surface area contributed by atoms with E-state index in [1.807, 2.05) is 13.8 Å². The van der Waals surface area contributed by atoms with Gasteiger partial charge in [-0.1, -0.05) is 26.0 Å². The summed E-state index contributed by atoms with van der Waals surface area (Å²) in [7, 11) is 0. The Bertz CT molecular complexity index is 481. The van der Waals surface area contributed by atoms with Gasteiger partial charge < -0.3 is 10.4 Å². The molecule has 0 atom stereocenters. The Kier molecular flexibility index (Phi) is 6.34. The lowest BCUT2D eigenvalue weighted by molar-refractivity contribution is -0.149. The third-order valence-electron chi connectivity index (χ3n) is 3.99. The lowest BCUT2D eigenvalue weighted by Crippen LogP contribution is -2.42. The van der Waals surface area contributed by atoms with Gasteiger partial charge in [0.25, 0.3) is 0 Å². The normalized spacial score (nSPS) is 11.2. The molecule has 1 amide bonds. The van der Waals surface area contributed by atoms with Crippen LogP contribution in [0.2, 0.25) is 0 Å². The van der Waals surface area contributed by atoms with Crippen LogP contribution in [0.4, 0.5) is 4.39 Å². The SMILES string of the molecule is CCC(CC)(CNC(=O)CCc1ccc(F)cc1)C(=O)O. The first kappa shape index (κ1) is 17.1. The molecule has 0 aliphatic heterocycles. The molecular formula is C16H22FNO3. The number of benzene rings is 1. The number of carbonyl (C=O) groups is 2. The van der Waals surface area contributed by atoms with E-state index in [0.29, 0.717) is 19.3 Å². The summed E-state index contributed by atoms with van der Waals surface area (Å²) < 4.78 is 12.8. The summed E-state index contributed by atoms with van der Waals surface area (Å²) in [5, 5.41) is 12.0. The van der Waals surface area contributed by atoms with E-state index in [1.54, 1.807) is 12.1 Å². The van der Waals surface area contributed by atoms with Crippen molar-refractivity contribution in [2.24, 2.45) is 5.41 Å². The van der Waals surface area contributed by atoms with Crippen LogP contribution in [0.15, 0.2) is 24.3 Å². The van der Waals surface area contributed by atoms with Crippen LogP contribution in [0.1, 0.15) is 38.7 Å². The maximum absolute atomic E-state index is 12.8. The zero-order chi connectivity index (χ0) is 15.9. The van der Waals surface area contributed by atoms with Gasteiger partial charge in [-0.25, -0.2) is 4.39 Å². The molecule has 0 radical (unpaired) electrons. The quantitative estimate of drug-likeness (QED) is 0.775. The number of aryl methyl sites for hydroxylation is 1. The van der Waals surface area contributed by atoms with Crippen molar-refractivity contribution in [1.29, 1.82) is 0 Å². The molecule has 116 valence electrons. The number of hydrogen-bond acceptors (Lipinski definition) is 2. The third kappa shape index (κ3) is 4.85. The smallest absolute Gasteiger partial charge is 0.311 e. The first-order chi connectivity index (χ1) is 9.93. The number of hydrogen-bond donors (Lipinski definition) is 2. The van der Waals surface area contributed by atoms with Crippen LogP contribution in [-0.4, -0.2) is 23.5 Å². The summed E-state index contributed by atoms with van der Waals surface area (Å²) in [4.78, 5) is 23.1. The number of carbonyl (C=O) groups excluding carboxylic acids is 1. The molecule has 1 rings (SSSR count). The fourth-order valence-corrected chi connectivity index (χ4v) is 2.14. The molecule has 0 aliphatic carbocycles. The number of carboxylic acids is 1. The second-order valence-corrected chi connectivity index (χ2v) is 5.20. The van der Waals surface area contributed by atoms with Gasteiger partial charge in [0.05, 0.1) is 5.41 Å². The van der Waals surface area contributed by atoms with Crippen molar-refractivity contribution >= 4 is 11.9 Å². The van der Waals surface area contributed by atoms with Crippen molar-refractivity contribution < 1.29 is 19.1 Å². The van der Waals surface area contributed by atoms with Crippen LogP contribution in [0.5, 0.6) is 0 Å². The second kappa shape index (κ2) is 7.76. The van der Waals surface area contributed by atoms with E-state index in [0.717, 1.165) is 5.56 Å². The number of carboxylic acid groups (broad SMARTS) is 1. The van der Waals surface area contributed by atoms with Gasteiger partial charge in [0, 0.05) is 13.0 Å². The van der Waals surface area contributed by atoms with Crippen LogP contribution < -0.4 is 5.32 Å². The minimum atomic E-state index is -0.897. The molecule has 4 nitrogen and oxygen atoms in total. The molecule has 2 N–H and O–H groups in total. The summed E-state index contributed by atoms with van der Waals surface area (Å²) in [6.45, 7) is 3.75. The van der Waals surface area contributed by atoms with Crippen LogP contribution in [-0.2, 0) is 16.0 Å². The van der Waals surface area contributed by atoms with E-state index < -0.39 is 11.4 Å². The van der Waals surface area contributed by atoms with E-state index in [1.165, 1.54) is 12.1 Å². The first-order valence-electron chi connectivity index (χ1n) is 7.18. The number of halogens is 1. The number of nitrogens with one attached hydrogen (secondary N) is 1. The lowest BCUT2D eigenvalue weighted by atomic mass is 9.82. The molecule has 0 bridgehead atoms. The van der Waals surface area contributed by atoms with Gasteiger partial charge in [-0.2, -0.15) is 0 Å². The van der Waals surface area contributed by atoms with Gasteiger partial charge in [-0.05, 0) is 37.0 Å². The predicted octanol–water partition coefficient (Wildman–Crippen LogP) is 2.77. The zero-order valence-corrected chi connectivity index (χ0v) is 12.5. The highest BCUT2D eigenvalue weighted by molar-refractivity contribution is 5.79. The van der Waals surface area contributed by atoms with E-state index in [4.69, 9.17) is 0 Å². The highest BCUT2D eigenvalue weighted by Crippen LogP contribution is 2.25. The molecule has 0 fully saturated rings. The minimum absolute atomic E-state index is 0.136. The third-order valence-corrected chi connectivity index (χ3v) is 3.99. The molecule has 0 saturated carbocycles. The Morgan fingerprint density at radius 1 is 1.19 bits per heavy atom. The maximum Gasteiger partial charge on any atom is 0.311 e. The fourth-order valence-electron chi connectivity index (χ4n) is 2.14. The number of amides is 1. The standard InChI is InChI=1S/C16H22FNO3/c1-3-16(4-2,15(20)21)11-18-14(19)10-7-12-5-8-13(17)9-6-12/h5-6,8-9H,3-4,7,10-11H2,1-2H3,(H,18,19)(H,20,21). The van der Waals surface area contributed by atoms with E-state index in [9.17, 15) is 19.1 Å². The Morgan fingerprint density at radius 2 is 1.76 bits per heavy atom. The minimum Gasteiger partial charge on any atom is -0.481 e. The monoisotopic (exact) mass is 295 g/mol. The summed E-state index contributed by atoms with van der Waals surface area (Å²) in [6.07, 6.45) is 1.70. The molecule has 5 heteroatoms. The molecule has 0 unspecified atom stereocenters. The average Bonchev–Trinajstić information content (AvgIpc) is 2.48. The molecular weight excluding hydrogens is 273 g/mol. The van der Waals surface area contributed by atoms with Crippen molar-refractivity contribution in [2.45, 2.75) is 39.5 Å². The Morgan fingerprint density at radius 3 is 2.24 bits per heavy atom. The molecule has 0 aliphatic rings. The summed E-state index contributed by atoms with van der Waals surface area (Å²) in [6, 6.07) is 6.00. The Labute approximate surface area is 124 Å². The number of rotatable bonds is 8. The topological polar surface area (TPSA) is 66.4 Å². The van der Waals surface area contributed by atoms with Crippen LogP contribution in [0, 0.1) is 11.2 Å². The largest absolute Gasteiger partial charge is 0.481 e. The molecule has 0 saturated heterocycles. The lowest BCUT2D eigenvalue weighted by Gasteiger charge is -2.26. The highest BCUT2D eigenvalue weighted by atomic mass is 19.1. The van der Waals surface area contributed by atoms with Gasteiger partial charge in [-0.3, -0.25) is 9.59 Å². The van der Waals surface area contributed by atoms with E-state index >= 15 is 0 Å². The van der Waals surface area contributed by atoms with E-state index in [2.05, 4.69) is 5.32 Å². The zero-order valence-electron chi connectivity index (χ0n) is 12.5. The maximum atomic E-state index is 12.8. The highest BCUT2D eigenvalue weighted by Gasteiger charge is 2.34. The Balaban J connectivity index is 2.46. The summed E-state index contributed by atoms with van der Waals surface area (Å²) in [5.74, 6) is -1.38. The van der Waals surface area contributed by atoms with Crippen molar-refractivity contribution in [2.75, 3.05) is 6.54 Å². The molecule has 0 aromatic heterocycles. The van der Waals surface area contributed by atoms with Crippen molar-refractivity contribution in [3.8, 4) is 0 Å². The molecule has 21 heavy (non-hydrogen) atoms. The van der Waals surface area contributed by atoms with Crippen molar-refractivity contribution in [3.63, 3.8) is 0 Å². The molecule has 1 aromatic rings. The van der Waals surface area contributed by atoms with E-state index in [-0.39, 0.29) is 24.7 Å². The molecule has 0 spiro atoms. The van der Waals surface area contributed by atoms with Crippen molar-refractivity contribution in [3.05, 3.63) is 35.6 Å². The molecule has 1 aromatic carbocycles. The molecule has 0 heterocycles. The van der Waals surface area contributed by atoms with Crippen LogP contribution >= 0.6 is 0 Å². The fraction of sp³-hybridized carbons (Fsp3) is 0.500. The number of aliphatic carboxylic acids is 1. The first-order valence-corrected chi connectivity index (χ1v) is 7.18.